The lowest BCUT2D eigenvalue weighted by molar-refractivity contribution is 0.0529. The number of hydrogen-bond donors (Lipinski definition) is 1. The van der Waals surface area contributed by atoms with E-state index in [1.807, 2.05) is 17.0 Å². The van der Waals surface area contributed by atoms with Gasteiger partial charge >= 0.3 is 0 Å². The predicted octanol–water partition coefficient (Wildman–Crippen LogP) is 2.21. The van der Waals surface area contributed by atoms with Crippen LogP contribution in [0.4, 0.5) is 5.69 Å². The SMILES string of the molecule is CCN1CCN(C(=O)c2cccc3c2NCCC3)CC1C. The zero-order valence-electron chi connectivity index (χ0n) is 13.1. The average molecular weight is 287 g/mol. The van der Waals surface area contributed by atoms with Gasteiger partial charge < -0.3 is 10.2 Å². The van der Waals surface area contributed by atoms with Gasteiger partial charge in [-0.15, -0.1) is 0 Å². The Kier molecular flexibility index (Phi) is 4.15. The van der Waals surface area contributed by atoms with Crippen LogP contribution < -0.4 is 5.32 Å². The van der Waals surface area contributed by atoms with Gasteiger partial charge in [0.05, 0.1) is 11.3 Å². The first kappa shape index (κ1) is 14.4. The predicted molar refractivity (Wildman–Crippen MR) is 85.9 cm³/mol. The van der Waals surface area contributed by atoms with Crippen molar-refractivity contribution in [3.05, 3.63) is 29.3 Å². The van der Waals surface area contributed by atoms with Gasteiger partial charge in [-0.25, -0.2) is 0 Å². The van der Waals surface area contributed by atoms with E-state index in [4.69, 9.17) is 0 Å². The lowest BCUT2D eigenvalue weighted by atomic mass is 9.98. The van der Waals surface area contributed by atoms with E-state index in [0.29, 0.717) is 6.04 Å². The normalized spacial score (nSPS) is 22.6. The maximum absolute atomic E-state index is 12.9. The molecule has 1 N–H and O–H groups in total. The Morgan fingerprint density at radius 1 is 1.38 bits per heavy atom. The molecule has 4 nitrogen and oxygen atoms in total. The van der Waals surface area contributed by atoms with E-state index < -0.39 is 0 Å². The molecule has 0 spiro atoms. The van der Waals surface area contributed by atoms with Crippen LogP contribution in [0.5, 0.6) is 0 Å². The van der Waals surface area contributed by atoms with Crippen molar-refractivity contribution in [2.45, 2.75) is 32.7 Å². The molecule has 0 aliphatic carbocycles. The van der Waals surface area contributed by atoms with Crippen LogP contribution in [0.1, 0.15) is 36.2 Å². The molecule has 1 aromatic carbocycles. The summed E-state index contributed by atoms with van der Waals surface area (Å²) in [7, 11) is 0. The molecule has 4 heteroatoms. The molecule has 1 aromatic rings. The van der Waals surface area contributed by atoms with Crippen LogP contribution in [0.3, 0.4) is 0 Å². The number of piperazine rings is 1. The largest absolute Gasteiger partial charge is 0.384 e. The molecule has 1 saturated heterocycles. The molecule has 3 rings (SSSR count). The number of carbonyl (C=O) groups is 1. The Labute approximate surface area is 127 Å². The summed E-state index contributed by atoms with van der Waals surface area (Å²) in [5.41, 5.74) is 3.20. The van der Waals surface area contributed by atoms with Gasteiger partial charge in [0.1, 0.15) is 0 Å². The number of anilines is 1. The standard InChI is InChI=1S/C17H25N3O/c1-3-19-10-11-20(12-13(19)2)17(21)15-8-4-6-14-7-5-9-18-16(14)15/h4,6,8,13,18H,3,5,7,9-12H2,1-2H3. The Bertz CT molecular complexity index is 529. The number of para-hydroxylation sites is 1. The van der Waals surface area contributed by atoms with Crippen molar-refractivity contribution in [3.8, 4) is 0 Å². The highest BCUT2D eigenvalue weighted by Crippen LogP contribution is 2.27. The lowest BCUT2D eigenvalue weighted by Gasteiger charge is -2.39. The first-order chi connectivity index (χ1) is 10.2. The Hall–Kier alpha value is -1.55. The van der Waals surface area contributed by atoms with E-state index in [0.717, 1.165) is 56.8 Å². The fourth-order valence-electron chi connectivity index (χ4n) is 3.51. The van der Waals surface area contributed by atoms with Gasteiger partial charge in [0.2, 0.25) is 0 Å². The fourth-order valence-corrected chi connectivity index (χ4v) is 3.51. The first-order valence-electron chi connectivity index (χ1n) is 8.09. The molecule has 21 heavy (non-hydrogen) atoms. The van der Waals surface area contributed by atoms with Gasteiger partial charge in [0, 0.05) is 32.2 Å². The third kappa shape index (κ3) is 2.77. The molecule has 0 radical (unpaired) electrons. The van der Waals surface area contributed by atoms with Crippen LogP contribution in [0.25, 0.3) is 0 Å². The van der Waals surface area contributed by atoms with E-state index in [1.54, 1.807) is 0 Å². The summed E-state index contributed by atoms with van der Waals surface area (Å²) in [5, 5.41) is 3.42. The number of fused-ring (bicyclic) bond motifs is 1. The maximum atomic E-state index is 12.9. The van der Waals surface area contributed by atoms with Crippen molar-refractivity contribution in [2.75, 3.05) is 38.0 Å². The van der Waals surface area contributed by atoms with E-state index in [9.17, 15) is 4.79 Å². The Balaban J connectivity index is 1.80. The number of nitrogens with zero attached hydrogens (tertiary/aromatic N) is 2. The van der Waals surface area contributed by atoms with Crippen molar-refractivity contribution in [1.82, 2.24) is 9.80 Å². The van der Waals surface area contributed by atoms with Gasteiger partial charge in [-0.05, 0) is 37.9 Å². The smallest absolute Gasteiger partial charge is 0.256 e. The molecule has 2 aliphatic rings. The van der Waals surface area contributed by atoms with Gasteiger partial charge in [-0.2, -0.15) is 0 Å². The van der Waals surface area contributed by atoms with Gasteiger partial charge in [0.15, 0.2) is 0 Å². The van der Waals surface area contributed by atoms with E-state index >= 15 is 0 Å². The molecule has 0 bridgehead atoms. The van der Waals surface area contributed by atoms with Gasteiger partial charge in [0.25, 0.3) is 5.91 Å². The molecule has 0 aromatic heterocycles. The zero-order valence-corrected chi connectivity index (χ0v) is 13.1. The van der Waals surface area contributed by atoms with E-state index in [1.165, 1.54) is 5.56 Å². The molecule has 0 saturated carbocycles. The number of benzene rings is 1. The van der Waals surface area contributed by atoms with Crippen molar-refractivity contribution in [1.29, 1.82) is 0 Å². The third-order valence-electron chi connectivity index (χ3n) is 4.76. The molecular formula is C17H25N3O. The zero-order chi connectivity index (χ0) is 14.8. The molecule has 1 amide bonds. The highest BCUT2D eigenvalue weighted by Gasteiger charge is 2.28. The Morgan fingerprint density at radius 3 is 3.00 bits per heavy atom. The number of carbonyl (C=O) groups excluding carboxylic acids is 1. The topological polar surface area (TPSA) is 35.6 Å². The minimum Gasteiger partial charge on any atom is -0.384 e. The molecule has 114 valence electrons. The second-order valence-electron chi connectivity index (χ2n) is 6.10. The minimum absolute atomic E-state index is 0.184. The summed E-state index contributed by atoms with van der Waals surface area (Å²) in [5.74, 6) is 0.184. The van der Waals surface area contributed by atoms with Crippen LogP contribution in [-0.4, -0.2) is 54.5 Å². The molecule has 1 fully saturated rings. The number of aryl methyl sites for hydroxylation is 1. The summed E-state index contributed by atoms with van der Waals surface area (Å²) < 4.78 is 0. The first-order valence-corrected chi connectivity index (χ1v) is 8.09. The highest BCUT2D eigenvalue weighted by molar-refractivity contribution is 6.00. The van der Waals surface area contributed by atoms with Crippen molar-refractivity contribution in [3.63, 3.8) is 0 Å². The average Bonchev–Trinajstić information content (AvgIpc) is 2.53. The van der Waals surface area contributed by atoms with Crippen LogP contribution in [0, 0.1) is 0 Å². The van der Waals surface area contributed by atoms with Gasteiger partial charge in [-0.1, -0.05) is 19.1 Å². The number of amides is 1. The molecule has 1 atom stereocenters. The monoisotopic (exact) mass is 287 g/mol. The molecule has 1 unspecified atom stereocenters. The van der Waals surface area contributed by atoms with Crippen molar-refractivity contribution in [2.24, 2.45) is 0 Å². The Morgan fingerprint density at radius 2 is 2.24 bits per heavy atom. The summed E-state index contributed by atoms with van der Waals surface area (Å²) in [6.07, 6.45) is 2.22. The van der Waals surface area contributed by atoms with Gasteiger partial charge in [-0.3, -0.25) is 9.69 Å². The van der Waals surface area contributed by atoms with Crippen molar-refractivity contribution >= 4 is 11.6 Å². The second-order valence-corrected chi connectivity index (χ2v) is 6.10. The summed E-state index contributed by atoms with van der Waals surface area (Å²) >= 11 is 0. The maximum Gasteiger partial charge on any atom is 0.256 e. The third-order valence-corrected chi connectivity index (χ3v) is 4.76. The number of hydrogen-bond acceptors (Lipinski definition) is 3. The van der Waals surface area contributed by atoms with Crippen molar-refractivity contribution < 1.29 is 4.79 Å². The number of likely N-dealkylation sites (N-methyl/N-ethyl adjacent to an activating group) is 1. The van der Waals surface area contributed by atoms with E-state index in [2.05, 4.69) is 30.1 Å². The number of rotatable bonds is 2. The minimum atomic E-state index is 0.184. The highest BCUT2D eigenvalue weighted by atomic mass is 16.2. The quantitative estimate of drug-likeness (QED) is 0.906. The van der Waals surface area contributed by atoms with Crippen LogP contribution in [0.2, 0.25) is 0 Å². The summed E-state index contributed by atoms with van der Waals surface area (Å²) in [4.78, 5) is 17.3. The summed E-state index contributed by atoms with van der Waals surface area (Å²) in [6, 6.07) is 6.57. The van der Waals surface area contributed by atoms with Crippen LogP contribution in [0.15, 0.2) is 18.2 Å². The lowest BCUT2D eigenvalue weighted by Crippen LogP contribution is -2.53. The molecular weight excluding hydrogens is 262 g/mol. The second kappa shape index (κ2) is 6.06. The molecule has 2 aliphatic heterocycles. The summed E-state index contributed by atoms with van der Waals surface area (Å²) in [6.45, 7) is 9.07. The molecule has 2 heterocycles. The van der Waals surface area contributed by atoms with E-state index in [-0.39, 0.29) is 5.91 Å². The number of nitrogens with one attached hydrogen (secondary N) is 1. The van der Waals surface area contributed by atoms with Crippen LogP contribution in [-0.2, 0) is 6.42 Å². The fraction of sp³-hybridized carbons (Fsp3) is 0.588. The van der Waals surface area contributed by atoms with Crippen LogP contribution >= 0.6 is 0 Å².